The average Bonchev–Trinajstić information content (AvgIpc) is 2.85. The molecule has 0 bridgehead atoms. The van der Waals surface area contributed by atoms with Gasteiger partial charge in [-0.15, -0.1) is 0 Å². The number of amides is 2. The fourth-order valence-electron chi connectivity index (χ4n) is 4.02. The summed E-state index contributed by atoms with van der Waals surface area (Å²) in [5.41, 5.74) is 1.75. The third-order valence-corrected chi connectivity index (χ3v) is 5.69. The number of aromatic nitrogens is 2. The Morgan fingerprint density at radius 1 is 1.12 bits per heavy atom. The maximum absolute atomic E-state index is 13.0. The first-order valence-electron chi connectivity index (χ1n) is 10.9. The van der Waals surface area contributed by atoms with Crippen molar-refractivity contribution in [1.29, 1.82) is 0 Å². The van der Waals surface area contributed by atoms with Gasteiger partial charge in [0.1, 0.15) is 5.75 Å². The average molecular weight is 453 g/mol. The second-order valence-corrected chi connectivity index (χ2v) is 7.73. The van der Waals surface area contributed by atoms with Crippen LogP contribution < -0.4 is 20.3 Å². The minimum atomic E-state index is -0.613. The molecule has 3 heterocycles. The maximum atomic E-state index is 13.0. The summed E-state index contributed by atoms with van der Waals surface area (Å²) in [6.45, 7) is 5.43. The standard InChI is InChI=1S/C23H28N6O4/c1-3-33-21(30)19-18(15-28-11-13-29(14-12-28)22-24-9-4-10-25-22)26-23(31)27-20(19)16-5-7-17(32-2)8-6-16/h4-10,20H,3,11-15H2,1-2H3,(H2,26,27,31)/t20-/m0/s1. The van der Waals surface area contributed by atoms with Crippen molar-refractivity contribution in [2.75, 3.05) is 51.3 Å². The third-order valence-electron chi connectivity index (χ3n) is 5.69. The zero-order valence-electron chi connectivity index (χ0n) is 18.8. The fourth-order valence-corrected chi connectivity index (χ4v) is 4.02. The number of nitrogens with zero attached hydrogens (tertiary/aromatic N) is 4. The number of carbonyl (C=O) groups excluding carboxylic acids is 2. The molecule has 2 aliphatic heterocycles. The number of hydrogen-bond acceptors (Lipinski definition) is 8. The molecule has 2 N–H and O–H groups in total. The SMILES string of the molecule is CCOC(=O)C1=C(CN2CCN(c3ncccn3)CC2)NC(=O)N[C@H]1c1ccc(OC)cc1. The van der Waals surface area contributed by atoms with Gasteiger partial charge >= 0.3 is 12.0 Å². The molecule has 0 spiro atoms. The first-order chi connectivity index (χ1) is 16.1. The second-order valence-electron chi connectivity index (χ2n) is 7.73. The van der Waals surface area contributed by atoms with Gasteiger partial charge in [0.05, 0.1) is 25.3 Å². The Kier molecular flexibility index (Phi) is 7.04. The van der Waals surface area contributed by atoms with Gasteiger partial charge in [0.15, 0.2) is 0 Å². The van der Waals surface area contributed by atoms with E-state index in [1.165, 1.54) is 0 Å². The number of rotatable bonds is 7. The zero-order chi connectivity index (χ0) is 23.2. The van der Waals surface area contributed by atoms with Gasteiger partial charge in [0, 0.05) is 50.8 Å². The molecule has 0 aliphatic carbocycles. The normalized spacial score (nSPS) is 19.0. The van der Waals surface area contributed by atoms with Crippen molar-refractivity contribution < 1.29 is 19.1 Å². The molecule has 1 fully saturated rings. The number of methoxy groups -OCH3 is 1. The highest BCUT2D eigenvalue weighted by Crippen LogP contribution is 2.29. The number of carbonyl (C=O) groups is 2. The van der Waals surface area contributed by atoms with Crippen molar-refractivity contribution in [2.24, 2.45) is 0 Å². The first kappa shape index (κ1) is 22.5. The van der Waals surface area contributed by atoms with Gasteiger partial charge < -0.3 is 25.0 Å². The lowest BCUT2D eigenvalue weighted by molar-refractivity contribution is -0.139. The Balaban J connectivity index is 1.56. The van der Waals surface area contributed by atoms with Crippen molar-refractivity contribution >= 4 is 17.9 Å². The van der Waals surface area contributed by atoms with Gasteiger partial charge in [-0.05, 0) is 30.7 Å². The van der Waals surface area contributed by atoms with E-state index in [0.717, 1.165) is 31.7 Å². The van der Waals surface area contributed by atoms with E-state index in [0.29, 0.717) is 29.5 Å². The van der Waals surface area contributed by atoms with Crippen molar-refractivity contribution in [1.82, 2.24) is 25.5 Å². The van der Waals surface area contributed by atoms with E-state index in [2.05, 4.69) is 30.4 Å². The number of urea groups is 1. The lowest BCUT2D eigenvalue weighted by Gasteiger charge is -2.37. The smallest absolute Gasteiger partial charge is 0.338 e. The van der Waals surface area contributed by atoms with Crippen LogP contribution in [0.5, 0.6) is 5.75 Å². The van der Waals surface area contributed by atoms with E-state index in [-0.39, 0.29) is 12.6 Å². The molecule has 0 saturated carbocycles. The van der Waals surface area contributed by atoms with Gasteiger partial charge in [-0.25, -0.2) is 19.6 Å². The highest BCUT2D eigenvalue weighted by molar-refractivity contribution is 5.95. The quantitative estimate of drug-likeness (QED) is 0.608. The Labute approximate surface area is 192 Å². The molecule has 1 aromatic heterocycles. The van der Waals surface area contributed by atoms with E-state index in [9.17, 15) is 9.59 Å². The van der Waals surface area contributed by atoms with Crippen LogP contribution in [0, 0.1) is 0 Å². The predicted molar refractivity (Wildman–Crippen MR) is 122 cm³/mol. The number of hydrogen-bond donors (Lipinski definition) is 2. The summed E-state index contributed by atoms with van der Waals surface area (Å²) >= 11 is 0. The molecule has 0 unspecified atom stereocenters. The van der Waals surface area contributed by atoms with Crippen LogP contribution in [-0.4, -0.2) is 73.3 Å². The molecular formula is C23H28N6O4. The molecule has 2 aliphatic rings. The molecule has 4 rings (SSSR count). The number of ether oxygens (including phenoxy) is 2. The molecule has 0 radical (unpaired) electrons. The predicted octanol–water partition coefficient (Wildman–Crippen LogP) is 1.48. The van der Waals surface area contributed by atoms with Crippen LogP contribution in [0.25, 0.3) is 0 Å². The number of esters is 1. The molecule has 2 aromatic rings. The summed E-state index contributed by atoms with van der Waals surface area (Å²) in [4.78, 5) is 38.4. The van der Waals surface area contributed by atoms with Crippen molar-refractivity contribution in [3.8, 4) is 5.75 Å². The lowest BCUT2D eigenvalue weighted by atomic mass is 9.94. The summed E-state index contributed by atoms with van der Waals surface area (Å²) in [6, 6.07) is 8.11. The topological polar surface area (TPSA) is 109 Å². The van der Waals surface area contributed by atoms with Crippen LogP contribution >= 0.6 is 0 Å². The highest BCUT2D eigenvalue weighted by atomic mass is 16.5. The molecule has 2 amide bonds. The summed E-state index contributed by atoms with van der Waals surface area (Å²) in [5.74, 6) is 0.955. The van der Waals surface area contributed by atoms with E-state index in [4.69, 9.17) is 9.47 Å². The molecular weight excluding hydrogens is 424 g/mol. The van der Waals surface area contributed by atoms with Crippen LogP contribution in [0.2, 0.25) is 0 Å². The van der Waals surface area contributed by atoms with Gasteiger partial charge in [-0.3, -0.25) is 4.90 Å². The number of anilines is 1. The summed E-state index contributed by atoms with van der Waals surface area (Å²) in [7, 11) is 1.59. The van der Waals surface area contributed by atoms with Gasteiger partial charge in [-0.1, -0.05) is 12.1 Å². The molecule has 33 heavy (non-hydrogen) atoms. The van der Waals surface area contributed by atoms with E-state index in [1.807, 2.05) is 12.1 Å². The van der Waals surface area contributed by atoms with Gasteiger partial charge in [0.25, 0.3) is 0 Å². The lowest BCUT2D eigenvalue weighted by Crippen LogP contribution is -2.52. The Morgan fingerprint density at radius 3 is 2.45 bits per heavy atom. The molecule has 10 nitrogen and oxygen atoms in total. The van der Waals surface area contributed by atoms with Gasteiger partial charge in [0.2, 0.25) is 5.95 Å². The largest absolute Gasteiger partial charge is 0.497 e. The highest BCUT2D eigenvalue weighted by Gasteiger charge is 2.34. The summed E-state index contributed by atoms with van der Waals surface area (Å²) < 4.78 is 10.6. The van der Waals surface area contributed by atoms with Crippen LogP contribution in [0.3, 0.4) is 0 Å². The minimum absolute atomic E-state index is 0.245. The number of nitrogens with one attached hydrogen (secondary N) is 2. The minimum Gasteiger partial charge on any atom is -0.497 e. The third kappa shape index (κ3) is 5.23. The van der Waals surface area contributed by atoms with Crippen LogP contribution in [0.4, 0.5) is 10.7 Å². The van der Waals surface area contributed by atoms with Crippen LogP contribution in [-0.2, 0) is 9.53 Å². The summed E-state index contributed by atoms with van der Waals surface area (Å²) in [5, 5.41) is 5.70. The Morgan fingerprint density at radius 2 is 1.82 bits per heavy atom. The number of piperazine rings is 1. The molecule has 1 atom stereocenters. The Hall–Kier alpha value is -3.66. The fraction of sp³-hybridized carbons (Fsp3) is 0.391. The second kappa shape index (κ2) is 10.3. The molecule has 10 heteroatoms. The molecule has 1 saturated heterocycles. The van der Waals surface area contributed by atoms with Gasteiger partial charge in [-0.2, -0.15) is 0 Å². The Bertz CT molecular complexity index is 1000. The molecule has 174 valence electrons. The monoisotopic (exact) mass is 452 g/mol. The van der Waals surface area contributed by atoms with E-state index >= 15 is 0 Å². The van der Waals surface area contributed by atoms with Crippen molar-refractivity contribution in [3.63, 3.8) is 0 Å². The summed E-state index contributed by atoms with van der Waals surface area (Å²) in [6.07, 6.45) is 3.46. The van der Waals surface area contributed by atoms with Crippen molar-refractivity contribution in [2.45, 2.75) is 13.0 Å². The van der Waals surface area contributed by atoms with Crippen molar-refractivity contribution in [3.05, 3.63) is 59.6 Å². The molecule has 1 aromatic carbocycles. The van der Waals surface area contributed by atoms with Crippen LogP contribution in [0.1, 0.15) is 18.5 Å². The maximum Gasteiger partial charge on any atom is 0.338 e. The number of benzene rings is 1. The van der Waals surface area contributed by atoms with E-state index < -0.39 is 12.0 Å². The zero-order valence-corrected chi connectivity index (χ0v) is 18.8. The van der Waals surface area contributed by atoms with E-state index in [1.54, 1.807) is 44.6 Å². The van der Waals surface area contributed by atoms with Crippen LogP contribution in [0.15, 0.2) is 54.0 Å². The first-order valence-corrected chi connectivity index (χ1v) is 10.9.